The van der Waals surface area contributed by atoms with Crippen LogP contribution in [-0.4, -0.2) is 73.3 Å². The topological polar surface area (TPSA) is 156 Å². The zero-order chi connectivity index (χ0) is 38.0. The van der Waals surface area contributed by atoms with Crippen molar-refractivity contribution in [1.82, 2.24) is 9.97 Å². The van der Waals surface area contributed by atoms with Gasteiger partial charge < -0.3 is 39.2 Å². The van der Waals surface area contributed by atoms with E-state index in [2.05, 4.69) is 25.1 Å². The van der Waals surface area contributed by atoms with E-state index in [1.807, 2.05) is 36.4 Å². The summed E-state index contributed by atoms with van der Waals surface area (Å²) in [6, 6.07) is 19.7. The number of hydrogen-bond acceptors (Lipinski definition) is 8. The SMILES string of the molecule is COc1cc(N2CCCC2)c(OC)cc1N=Nc1ccc(C(=O)N2CCc3c2ccc2[nH]c(C(=O)N4CCc5c4ccc4[nH]c(C(=O)O)cc54)cc32)cc1Cl. The van der Waals surface area contributed by atoms with Crippen LogP contribution in [0.5, 0.6) is 11.5 Å². The van der Waals surface area contributed by atoms with Gasteiger partial charge in [-0.3, -0.25) is 9.59 Å². The lowest BCUT2D eigenvalue weighted by molar-refractivity contribution is 0.0691. The minimum absolute atomic E-state index is 0.115. The van der Waals surface area contributed by atoms with E-state index < -0.39 is 5.97 Å². The average molecular weight is 758 g/mol. The van der Waals surface area contributed by atoms with Crippen molar-refractivity contribution in [3.8, 4) is 11.5 Å². The Labute approximate surface area is 320 Å². The zero-order valence-corrected chi connectivity index (χ0v) is 30.9. The number of H-pyrrole nitrogens is 2. The van der Waals surface area contributed by atoms with E-state index >= 15 is 0 Å². The third-order valence-corrected chi connectivity index (χ3v) is 11.2. The molecule has 6 aromatic rings. The van der Waals surface area contributed by atoms with E-state index in [1.54, 1.807) is 54.4 Å². The maximum atomic E-state index is 13.9. The first-order chi connectivity index (χ1) is 26.7. The van der Waals surface area contributed by atoms with Crippen molar-refractivity contribution in [2.24, 2.45) is 10.2 Å². The Hall–Kier alpha value is -6.34. The Morgan fingerprint density at radius 3 is 1.89 bits per heavy atom. The first-order valence-corrected chi connectivity index (χ1v) is 18.5. The van der Waals surface area contributed by atoms with Crippen LogP contribution >= 0.6 is 11.6 Å². The highest BCUT2D eigenvalue weighted by Crippen LogP contribution is 2.43. The number of azo groups is 1. The molecule has 4 aromatic carbocycles. The molecule has 2 aromatic heterocycles. The maximum absolute atomic E-state index is 13.9. The molecule has 3 aliphatic heterocycles. The van der Waals surface area contributed by atoms with Gasteiger partial charge in [-0.2, -0.15) is 0 Å². The van der Waals surface area contributed by atoms with Gasteiger partial charge in [0.2, 0.25) is 0 Å². The number of nitrogens with zero attached hydrogens (tertiary/aromatic N) is 5. The van der Waals surface area contributed by atoms with Gasteiger partial charge in [-0.1, -0.05) is 11.6 Å². The molecule has 0 spiro atoms. The summed E-state index contributed by atoms with van der Waals surface area (Å²) >= 11 is 6.68. The number of nitrogens with one attached hydrogen (secondary N) is 2. The lowest BCUT2D eigenvalue weighted by atomic mass is 10.1. The molecular weight excluding hydrogens is 722 g/mol. The van der Waals surface area contributed by atoms with Gasteiger partial charge in [-0.25, -0.2) is 4.79 Å². The third kappa shape index (κ3) is 5.82. The molecule has 0 radical (unpaired) electrons. The number of carboxylic acids is 1. The number of carbonyl (C=O) groups excluding carboxylic acids is 2. The number of aromatic carboxylic acids is 1. The number of anilines is 3. The molecule has 9 rings (SSSR count). The van der Waals surface area contributed by atoms with Crippen molar-refractivity contribution in [1.29, 1.82) is 0 Å². The van der Waals surface area contributed by atoms with Gasteiger partial charge in [-0.15, -0.1) is 10.2 Å². The fourth-order valence-corrected chi connectivity index (χ4v) is 8.37. The summed E-state index contributed by atoms with van der Waals surface area (Å²) in [7, 11) is 3.22. The summed E-state index contributed by atoms with van der Waals surface area (Å²) in [6.07, 6.45) is 3.50. The Balaban J connectivity index is 0.939. The smallest absolute Gasteiger partial charge is 0.352 e. The second-order valence-corrected chi connectivity index (χ2v) is 14.3. The first-order valence-electron chi connectivity index (χ1n) is 18.1. The van der Waals surface area contributed by atoms with E-state index in [1.165, 1.54) is 0 Å². The molecule has 0 saturated carbocycles. The molecule has 1 saturated heterocycles. The van der Waals surface area contributed by atoms with Crippen LogP contribution in [0.15, 0.2) is 77.0 Å². The van der Waals surface area contributed by atoms with Crippen LogP contribution in [0, 0.1) is 0 Å². The van der Waals surface area contributed by atoms with E-state index in [0.29, 0.717) is 60.1 Å². The number of halogens is 1. The minimum atomic E-state index is -1.03. The van der Waals surface area contributed by atoms with Crippen molar-refractivity contribution < 1.29 is 29.0 Å². The van der Waals surface area contributed by atoms with Gasteiger partial charge in [0.1, 0.15) is 34.3 Å². The van der Waals surface area contributed by atoms with Crippen LogP contribution in [0.2, 0.25) is 5.02 Å². The number of aromatic nitrogens is 2. The standard InChI is InChI=1S/C41H36ClN7O6/c1-54-37-21-36(47-13-3-4-14-47)38(55-2)20-31(37)46-45-30-6-5-22(17-27(30)42)39(50)48-15-11-23-25-18-32(43-28(25)7-9-34(23)48)40(51)49-16-12-24-26-19-33(41(52)53)44-29(26)8-10-35(24)49/h5-10,17-21,43-44H,3-4,11-16H2,1-2H3,(H,52,53). The summed E-state index contributed by atoms with van der Waals surface area (Å²) in [5, 5.41) is 20.3. The van der Waals surface area contributed by atoms with Gasteiger partial charge >= 0.3 is 5.97 Å². The highest BCUT2D eigenvalue weighted by atomic mass is 35.5. The van der Waals surface area contributed by atoms with Gasteiger partial charge in [-0.05, 0) is 91.4 Å². The van der Waals surface area contributed by atoms with Gasteiger partial charge in [0.15, 0.2) is 0 Å². The molecule has 13 nitrogen and oxygen atoms in total. The Morgan fingerprint density at radius 1 is 0.673 bits per heavy atom. The molecule has 55 heavy (non-hydrogen) atoms. The Morgan fingerprint density at radius 2 is 1.27 bits per heavy atom. The molecule has 1 fully saturated rings. The molecule has 0 unspecified atom stereocenters. The van der Waals surface area contributed by atoms with E-state index in [-0.39, 0.29) is 22.5 Å². The largest absolute Gasteiger partial charge is 0.494 e. The van der Waals surface area contributed by atoms with Gasteiger partial charge in [0.05, 0.1) is 24.9 Å². The lowest BCUT2D eigenvalue weighted by Crippen LogP contribution is -2.29. The highest BCUT2D eigenvalue weighted by Gasteiger charge is 2.31. The Bertz CT molecular complexity index is 2610. The average Bonchev–Trinajstić information content (AvgIpc) is 4.04. The molecule has 14 heteroatoms. The summed E-state index contributed by atoms with van der Waals surface area (Å²) in [4.78, 5) is 51.3. The summed E-state index contributed by atoms with van der Waals surface area (Å²) < 4.78 is 11.3. The highest BCUT2D eigenvalue weighted by molar-refractivity contribution is 6.33. The number of fused-ring (bicyclic) bond motifs is 6. The second-order valence-electron chi connectivity index (χ2n) is 13.9. The van der Waals surface area contributed by atoms with Crippen LogP contribution < -0.4 is 24.2 Å². The number of amides is 2. The first kappa shape index (κ1) is 34.4. The molecular formula is C41H36ClN7O6. The van der Waals surface area contributed by atoms with Crippen molar-refractivity contribution >= 4 is 79.6 Å². The minimum Gasteiger partial charge on any atom is -0.494 e. The summed E-state index contributed by atoms with van der Waals surface area (Å²) in [5.41, 5.74) is 7.83. The van der Waals surface area contributed by atoms with Crippen LogP contribution in [0.1, 0.15) is 55.3 Å². The fourth-order valence-electron chi connectivity index (χ4n) is 8.16. The maximum Gasteiger partial charge on any atom is 0.352 e. The van der Waals surface area contributed by atoms with Crippen LogP contribution in [0.4, 0.5) is 28.4 Å². The third-order valence-electron chi connectivity index (χ3n) is 10.9. The number of carboxylic acid groups (broad SMARTS) is 1. The normalized spacial score (nSPS) is 15.1. The number of benzene rings is 4. The van der Waals surface area contributed by atoms with E-state index in [4.69, 9.17) is 21.1 Å². The second kappa shape index (κ2) is 13.5. The number of aromatic amines is 2. The predicted octanol–water partition coefficient (Wildman–Crippen LogP) is 8.44. The molecule has 5 heterocycles. The fraction of sp³-hybridized carbons (Fsp3) is 0.244. The van der Waals surface area contributed by atoms with Crippen molar-refractivity contribution in [3.05, 3.63) is 99.8 Å². The number of carbonyl (C=O) groups is 3. The van der Waals surface area contributed by atoms with Crippen LogP contribution in [0.25, 0.3) is 21.8 Å². The molecule has 3 N–H and O–H groups in total. The van der Waals surface area contributed by atoms with Crippen molar-refractivity contribution in [3.63, 3.8) is 0 Å². The van der Waals surface area contributed by atoms with Gasteiger partial charge in [0, 0.05) is 77.1 Å². The number of rotatable bonds is 8. The van der Waals surface area contributed by atoms with E-state index in [0.717, 1.165) is 75.9 Å². The summed E-state index contributed by atoms with van der Waals surface area (Å²) in [6.45, 7) is 2.86. The molecule has 3 aliphatic rings. The molecule has 0 atom stereocenters. The number of hydrogen-bond donors (Lipinski definition) is 3. The zero-order valence-electron chi connectivity index (χ0n) is 30.1. The quantitative estimate of drug-likeness (QED) is 0.132. The van der Waals surface area contributed by atoms with Crippen LogP contribution in [-0.2, 0) is 12.8 Å². The van der Waals surface area contributed by atoms with Crippen LogP contribution in [0.3, 0.4) is 0 Å². The van der Waals surface area contributed by atoms with Gasteiger partial charge in [0.25, 0.3) is 11.8 Å². The molecule has 0 bridgehead atoms. The van der Waals surface area contributed by atoms with Crippen molar-refractivity contribution in [2.45, 2.75) is 25.7 Å². The predicted molar refractivity (Wildman–Crippen MR) is 211 cm³/mol. The van der Waals surface area contributed by atoms with E-state index in [9.17, 15) is 19.5 Å². The Kier molecular flexibility index (Phi) is 8.45. The molecule has 278 valence electrons. The molecule has 0 aliphatic carbocycles. The van der Waals surface area contributed by atoms with Crippen molar-refractivity contribution in [2.75, 3.05) is 55.1 Å². The number of methoxy groups -OCH3 is 2. The number of ether oxygens (including phenoxy) is 2. The monoisotopic (exact) mass is 757 g/mol. The summed E-state index contributed by atoms with van der Waals surface area (Å²) in [5.74, 6) is -0.155. The molecule has 2 amide bonds. The lowest BCUT2D eigenvalue weighted by Gasteiger charge is -2.21.